The van der Waals surface area contributed by atoms with Gasteiger partial charge in [0.2, 0.25) is 0 Å². The van der Waals surface area contributed by atoms with Gasteiger partial charge in [0, 0.05) is 37.7 Å². The molecule has 96 valence electrons. The van der Waals surface area contributed by atoms with Gasteiger partial charge in [-0.2, -0.15) is 0 Å². The Labute approximate surface area is 109 Å². The smallest absolute Gasteiger partial charge is 0.0429 e. The van der Waals surface area contributed by atoms with Crippen molar-refractivity contribution in [3.63, 3.8) is 0 Å². The number of fused-ring (bicyclic) bond motifs is 1. The molecule has 1 aromatic rings. The lowest BCUT2D eigenvalue weighted by molar-refractivity contribution is 0.744. The molecule has 0 radical (unpaired) electrons. The molecule has 2 rings (SSSR count). The molecule has 0 atom stereocenters. The van der Waals surface area contributed by atoms with Gasteiger partial charge in [0.15, 0.2) is 0 Å². The lowest BCUT2D eigenvalue weighted by Crippen LogP contribution is -2.24. The molecule has 1 aliphatic heterocycles. The van der Waals surface area contributed by atoms with E-state index in [1.165, 1.54) is 17.7 Å². The summed E-state index contributed by atoms with van der Waals surface area (Å²) in [5.74, 6) is 0. The molecule has 0 bridgehead atoms. The van der Waals surface area contributed by atoms with E-state index in [4.69, 9.17) is 5.41 Å². The number of rotatable bonds is 3. The van der Waals surface area contributed by atoms with Gasteiger partial charge in [-0.1, -0.05) is 6.07 Å². The van der Waals surface area contributed by atoms with E-state index < -0.39 is 0 Å². The third-order valence-electron chi connectivity index (χ3n) is 3.37. The number of aryl methyl sites for hydroxylation is 1. The molecular weight excluding hydrogens is 222 g/mol. The first-order valence-electron chi connectivity index (χ1n) is 6.41. The molecule has 3 heteroatoms. The van der Waals surface area contributed by atoms with Gasteiger partial charge in [0.1, 0.15) is 0 Å². The number of nitrogens with zero attached hydrogens (tertiary/aromatic N) is 1. The SMILES string of the molecule is CN/C(=C\C(C)=N)c1ccc2c(c1)CCCN2C. The van der Waals surface area contributed by atoms with Crippen LogP contribution in [0.15, 0.2) is 24.3 Å². The fourth-order valence-corrected chi connectivity index (χ4v) is 2.47. The highest BCUT2D eigenvalue weighted by Crippen LogP contribution is 2.28. The minimum atomic E-state index is 0.564. The molecule has 0 aliphatic carbocycles. The average Bonchev–Trinajstić information content (AvgIpc) is 2.35. The first-order valence-corrected chi connectivity index (χ1v) is 6.41. The van der Waals surface area contributed by atoms with E-state index in [9.17, 15) is 0 Å². The number of anilines is 1. The summed E-state index contributed by atoms with van der Waals surface area (Å²) < 4.78 is 0. The van der Waals surface area contributed by atoms with Crippen molar-refractivity contribution in [1.29, 1.82) is 5.41 Å². The number of benzene rings is 1. The van der Waals surface area contributed by atoms with Crippen molar-refractivity contribution in [2.75, 3.05) is 25.5 Å². The van der Waals surface area contributed by atoms with E-state index >= 15 is 0 Å². The molecule has 0 unspecified atom stereocenters. The molecule has 0 saturated carbocycles. The number of nitrogens with one attached hydrogen (secondary N) is 2. The fraction of sp³-hybridized carbons (Fsp3) is 0.400. The highest BCUT2D eigenvalue weighted by molar-refractivity contribution is 5.96. The first-order chi connectivity index (χ1) is 8.61. The molecule has 1 aliphatic rings. The summed E-state index contributed by atoms with van der Waals surface area (Å²) in [5.41, 5.74) is 5.49. The third-order valence-corrected chi connectivity index (χ3v) is 3.37. The molecule has 0 aromatic heterocycles. The highest BCUT2D eigenvalue weighted by Gasteiger charge is 2.14. The normalized spacial score (nSPS) is 15.3. The van der Waals surface area contributed by atoms with Crippen LogP contribution in [0.4, 0.5) is 5.69 Å². The van der Waals surface area contributed by atoms with Crippen LogP contribution in [-0.2, 0) is 6.42 Å². The molecule has 0 amide bonds. The summed E-state index contributed by atoms with van der Waals surface area (Å²) in [7, 11) is 4.05. The number of allylic oxidation sites excluding steroid dienone is 1. The predicted octanol–water partition coefficient (Wildman–Crippen LogP) is 2.67. The van der Waals surface area contributed by atoms with Crippen molar-refractivity contribution in [2.24, 2.45) is 0 Å². The van der Waals surface area contributed by atoms with Crippen LogP contribution in [0.2, 0.25) is 0 Å². The van der Waals surface area contributed by atoms with E-state index in [0.717, 1.165) is 24.2 Å². The zero-order valence-electron chi connectivity index (χ0n) is 11.4. The quantitative estimate of drug-likeness (QED) is 0.801. The fourth-order valence-electron chi connectivity index (χ4n) is 2.47. The molecule has 1 aromatic carbocycles. The Hall–Kier alpha value is -1.77. The van der Waals surface area contributed by atoms with Crippen LogP contribution in [-0.4, -0.2) is 26.4 Å². The van der Waals surface area contributed by atoms with E-state index in [0.29, 0.717) is 5.71 Å². The largest absolute Gasteiger partial charge is 0.388 e. The van der Waals surface area contributed by atoms with Gasteiger partial charge in [0.05, 0.1) is 0 Å². The van der Waals surface area contributed by atoms with Gasteiger partial charge in [-0.3, -0.25) is 0 Å². The van der Waals surface area contributed by atoms with Gasteiger partial charge >= 0.3 is 0 Å². The number of hydrogen-bond donors (Lipinski definition) is 2. The average molecular weight is 243 g/mol. The minimum Gasteiger partial charge on any atom is -0.388 e. The molecule has 2 N–H and O–H groups in total. The second-order valence-corrected chi connectivity index (χ2v) is 4.86. The van der Waals surface area contributed by atoms with Crippen LogP contribution >= 0.6 is 0 Å². The summed E-state index contributed by atoms with van der Waals surface area (Å²) in [5, 5.41) is 10.7. The molecule has 0 spiro atoms. The van der Waals surface area contributed by atoms with E-state index in [-0.39, 0.29) is 0 Å². The molecule has 18 heavy (non-hydrogen) atoms. The van der Waals surface area contributed by atoms with Gasteiger partial charge in [-0.15, -0.1) is 0 Å². The highest BCUT2D eigenvalue weighted by atomic mass is 15.1. The Morgan fingerprint density at radius 1 is 1.44 bits per heavy atom. The van der Waals surface area contributed by atoms with Crippen molar-refractivity contribution >= 4 is 17.1 Å². The van der Waals surface area contributed by atoms with Crippen molar-refractivity contribution in [3.8, 4) is 0 Å². The van der Waals surface area contributed by atoms with Crippen molar-refractivity contribution in [3.05, 3.63) is 35.4 Å². The maximum atomic E-state index is 7.57. The summed E-state index contributed by atoms with van der Waals surface area (Å²) in [6.45, 7) is 2.93. The maximum absolute atomic E-state index is 7.57. The first kappa shape index (κ1) is 12.7. The molecular formula is C15H21N3. The second kappa shape index (κ2) is 5.25. The van der Waals surface area contributed by atoms with Gasteiger partial charge in [-0.05, 0) is 49.1 Å². The van der Waals surface area contributed by atoms with Gasteiger partial charge < -0.3 is 15.6 Å². The Balaban J connectivity index is 2.39. The van der Waals surface area contributed by atoms with E-state index in [2.05, 4.69) is 35.5 Å². The van der Waals surface area contributed by atoms with Crippen LogP contribution in [0, 0.1) is 5.41 Å². The van der Waals surface area contributed by atoms with E-state index in [1.807, 2.05) is 13.1 Å². The standard InChI is InChI=1S/C15H21N3/c1-11(16)9-14(17-2)12-6-7-15-13(10-12)5-4-8-18(15)3/h6-7,9-10,16-17H,4-5,8H2,1-3H3/b14-9-,16-11?. The number of hydrogen-bond acceptors (Lipinski definition) is 3. The zero-order valence-corrected chi connectivity index (χ0v) is 11.4. The van der Waals surface area contributed by atoms with Crippen LogP contribution in [0.5, 0.6) is 0 Å². The minimum absolute atomic E-state index is 0.564. The van der Waals surface area contributed by atoms with E-state index in [1.54, 1.807) is 6.92 Å². The molecule has 3 nitrogen and oxygen atoms in total. The Morgan fingerprint density at radius 2 is 2.22 bits per heavy atom. The lowest BCUT2D eigenvalue weighted by Gasteiger charge is -2.28. The lowest BCUT2D eigenvalue weighted by atomic mass is 9.98. The summed E-state index contributed by atoms with van der Waals surface area (Å²) in [6.07, 6.45) is 4.23. The van der Waals surface area contributed by atoms with Crippen LogP contribution in [0.1, 0.15) is 24.5 Å². The Bertz CT molecular complexity index is 489. The van der Waals surface area contributed by atoms with Crippen molar-refractivity contribution in [2.45, 2.75) is 19.8 Å². The van der Waals surface area contributed by atoms with Crippen LogP contribution in [0.3, 0.4) is 0 Å². The molecule has 1 heterocycles. The van der Waals surface area contributed by atoms with Gasteiger partial charge in [0.25, 0.3) is 0 Å². The zero-order chi connectivity index (χ0) is 13.1. The van der Waals surface area contributed by atoms with Crippen LogP contribution < -0.4 is 10.2 Å². The third kappa shape index (κ3) is 2.55. The van der Waals surface area contributed by atoms with Crippen molar-refractivity contribution in [1.82, 2.24) is 5.32 Å². The monoisotopic (exact) mass is 243 g/mol. The van der Waals surface area contributed by atoms with Crippen LogP contribution in [0.25, 0.3) is 5.70 Å². The molecule has 0 fully saturated rings. The summed E-state index contributed by atoms with van der Waals surface area (Å²) >= 11 is 0. The maximum Gasteiger partial charge on any atom is 0.0429 e. The Morgan fingerprint density at radius 3 is 2.89 bits per heavy atom. The van der Waals surface area contributed by atoms with Gasteiger partial charge in [-0.25, -0.2) is 0 Å². The summed E-state index contributed by atoms with van der Waals surface area (Å²) in [6, 6.07) is 6.57. The second-order valence-electron chi connectivity index (χ2n) is 4.86. The van der Waals surface area contributed by atoms with Crippen molar-refractivity contribution < 1.29 is 0 Å². The molecule has 0 saturated heterocycles. The summed E-state index contributed by atoms with van der Waals surface area (Å²) in [4.78, 5) is 2.31. The topological polar surface area (TPSA) is 39.1 Å². The Kier molecular flexibility index (Phi) is 3.70. The predicted molar refractivity (Wildman–Crippen MR) is 78.5 cm³/mol.